The summed E-state index contributed by atoms with van der Waals surface area (Å²) in [4.78, 5) is 4.16. The minimum absolute atomic E-state index is 0.303. The van der Waals surface area contributed by atoms with Crippen molar-refractivity contribution in [2.45, 2.75) is 26.8 Å². The van der Waals surface area contributed by atoms with E-state index >= 15 is 0 Å². The number of nitrogens with two attached hydrogens (primary N) is 1. The van der Waals surface area contributed by atoms with Gasteiger partial charge in [0.2, 0.25) is 0 Å². The molecule has 1 rings (SSSR count). The van der Waals surface area contributed by atoms with Gasteiger partial charge in [0.1, 0.15) is 0 Å². The number of aromatic nitrogens is 1. The van der Waals surface area contributed by atoms with Crippen LogP contribution >= 0.6 is 11.8 Å². The lowest BCUT2D eigenvalue weighted by atomic mass is 10.1. The van der Waals surface area contributed by atoms with E-state index in [4.69, 9.17) is 5.73 Å². The van der Waals surface area contributed by atoms with E-state index in [1.807, 2.05) is 24.0 Å². The van der Waals surface area contributed by atoms with Crippen LogP contribution < -0.4 is 11.1 Å². The van der Waals surface area contributed by atoms with Crippen molar-refractivity contribution < 1.29 is 0 Å². The smallest absolute Gasteiger partial charge is 0.0447 e. The van der Waals surface area contributed by atoms with E-state index in [-0.39, 0.29) is 0 Å². The maximum Gasteiger partial charge on any atom is 0.0447 e. The van der Waals surface area contributed by atoms with E-state index < -0.39 is 0 Å². The quantitative estimate of drug-likeness (QED) is 0.784. The van der Waals surface area contributed by atoms with Crippen molar-refractivity contribution in [2.75, 3.05) is 23.8 Å². The highest BCUT2D eigenvalue weighted by Gasteiger charge is 2.13. The van der Waals surface area contributed by atoms with Gasteiger partial charge in [0.25, 0.3) is 0 Å². The number of pyridine rings is 1. The van der Waals surface area contributed by atoms with Crippen LogP contribution in [0.5, 0.6) is 0 Å². The number of nitrogens with one attached hydrogen (secondary N) is 1. The van der Waals surface area contributed by atoms with Crippen LogP contribution in [0.25, 0.3) is 0 Å². The third-order valence-electron chi connectivity index (χ3n) is 2.45. The van der Waals surface area contributed by atoms with Crippen molar-refractivity contribution in [3.05, 3.63) is 24.0 Å². The van der Waals surface area contributed by atoms with Crippen molar-refractivity contribution in [1.29, 1.82) is 0 Å². The van der Waals surface area contributed by atoms with Gasteiger partial charge in [-0.1, -0.05) is 20.8 Å². The highest BCUT2D eigenvalue weighted by Crippen LogP contribution is 2.23. The number of hydrogen-bond acceptors (Lipinski definition) is 4. The van der Waals surface area contributed by atoms with E-state index in [1.165, 1.54) is 5.75 Å². The van der Waals surface area contributed by atoms with Gasteiger partial charge in [0, 0.05) is 35.4 Å². The van der Waals surface area contributed by atoms with E-state index in [9.17, 15) is 0 Å². The first-order valence-corrected chi connectivity index (χ1v) is 7.31. The van der Waals surface area contributed by atoms with Crippen LogP contribution in [0.2, 0.25) is 0 Å². The lowest BCUT2D eigenvalue weighted by Crippen LogP contribution is -2.24. The number of anilines is 1. The molecule has 0 amide bonds. The van der Waals surface area contributed by atoms with Crippen molar-refractivity contribution in [3.8, 4) is 0 Å². The Bertz CT molecular complexity index is 328. The average Bonchev–Trinajstić information content (AvgIpc) is 2.28. The summed E-state index contributed by atoms with van der Waals surface area (Å²) in [5.74, 6) is 2.96. The van der Waals surface area contributed by atoms with E-state index in [0.29, 0.717) is 6.04 Å². The topological polar surface area (TPSA) is 50.9 Å². The van der Waals surface area contributed by atoms with Crippen LogP contribution in [0.1, 0.15) is 32.4 Å². The summed E-state index contributed by atoms with van der Waals surface area (Å²) in [5.41, 5.74) is 7.94. The number of rotatable bonds is 7. The molecule has 1 atom stereocenters. The lowest BCUT2D eigenvalue weighted by molar-refractivity contribution is 0.604. The zero-order valence-electron chi connectivity index (χ0n) is 10.9. The Morgan fingerprint density at radius 3 is 2.76 bits per heavy atom. The third-order valence-corrected chi connectivity index (χ3v) is 3.92. The molecule has 0 saturated carbocycles. The molecule has 1 aromatic rings. The number of hydrogen-bond donors (Lipinski definition) is 2. The molecule has 0 bridgehead atoms. The second kappa shape index (κ2) is 7.56. The molecule has 1 heterocycles. The normalized spacial score (nSPS) is 12.9. The first kappa shape index (κ1) is 14.3. The van der Waals surface area contributed by atoms with Gasteiger partial charge in [0.15, 0.2) is 0 Å². The van der Waals surface area contributed by atoms with Crippen LogP contribution in [-0.2, 0) is 0 Å². The third kappa shape index (κ3) is 4.96. The van der Waals surface area contributed by atoms with Gasteiger partial charge in [-0.25, -0.2) is 0 Å². The molecule has 0 spiro atoms. The summed E-state index contributed by atoms with van der Waals surface area (Å²) in [6.07, 6.45) is 3.61. The summed E-state index contributed by atoms with van der Waals surface area (Å²) < 4.78 is 0. The molecule has 17 heavy (non-hydrogen) atoms. The fraction of sp³-hybridized carbons (Fsp3) is 0.615. The van der Waals surface area contributed by atoms with Crippen LogP contribution in [0, 0.1) is 5.92 Å². The van der Waals surface area contributed by atoms with Gasteiger partial charge >= 0.3 is 0 Å². The molecule has 0 fully saturated rings. The predicted octanol–water partition coefficient (Wildman–Crippen LogP) is 2.70. The Balaban J connectivity index is 2.62. The van der Waals surface area contributed by atoms with Crippen molar-refractivity contribution in [2.24, 2.45) is 5.92 Å². The van der Waals surface area contributed by atoms with Crippen LogP contribution in [-0.4, -0.2) is 23.0 Å². The largest absolute Gasteiger partial charge is 0.398 e. The SMILES string of the molecule is CCNC(CSCC(C)C)c1cnccc1N. The van der Waals surface area contributed by atoms with Crippen LogP contribution in [0.3, 0.4) is 0 Å². The summed E-state index contributed by atoms with van der Waals surface area (Å²) in [6, 6.07) is 2.17. The zero-order valence-corrected chi connectivity index (χ0v) is 11.8. The second-order valence-corrected chi connectivity index (χ2v) is 5.62. The summed E-state index contributed by atoms with van der Waals surface area (Å²) >= 11 is 1.97. The number of thioether (sulfide) groups is 1. The Kier molecular flexibility index (Phi) is 6.37. The minimum Gasteiger partial charge on any atom is -0.398 e. The molecule has 1 aromatic heterocycles. The van der Waals surface area contributed by atoms with Crippen molar-refractivity contribution in [3.63, 3.8) is 0 Å². The maximum absolute atomic E-state index is 5.99. The molecule has 0 aliphatic heterocycles. The lowest BCUT2D eigenvalue weighted by Gasteiger charge is -2.19. The molecule has 0 radical (unpaired) electrons. The Labute approximate surface area is 109 Å². The summed E-state index contributed by atoms with van der Waals surface area (Å²) in [5, 5.41) is 3.47. The highest BCUT2D eigenvalue weighted by atomic mass is 32.2. The molecule has 1 unspecified atom stereocenters. The first-order chi connectivity index (χ1) is 8.15. The molecule has 0 aromatic carbocycles. The number of nitrogens with zero attached hydrogens (tertiary/aromatic N) is 1. The Morgan fingerprint density at radius 1 is 1.41 bits per heavy atom. The molecule has 3 N–H and O–H groups in total. The minimum atomic E-state index is 0.303. The molecule has 3 nitrogen and oxygen atoms in total. The first-order valence-electron chi connectivity index (χ1n) is 6.15. The van der Waals surface area contributed by atoms with Gasteiger partial charge in [-0.15, -0.1) is 0 Å². The Hall–Kier alpha value is -0.740. The van der Waals surface area contributed by atoms with E-state index in [2.05, 4.69) is 31.1 Å². The molecular formula is C13H23N3S. The van der Waals surface area contributed by atoms with Gasteiger partial charge in [-0.2, -0.15) is 11.8 Å². The van der Waals surface area contributed by atoms with Crippen molar-refractivity contribution >= 4 is 17.4 Å². The van der Waals surface area contributed by atoms with Gasteiger partial charge in [-0.3, -0.25) is 4.98 Å². The molecule has 96 valence electrons. The fourth-order valence-corrected chi connectivity index (χ4v) is 2.78. The summed E-state index contributed by atoms with van der Waals surface area (Å²) in [7, 11) is 0. The number of nitrogen functional groups attached to an aromatic ring is 1. The molecular weight excluding hydrogens is 230 g/mol. The van der Waals surface area contributed by atoms with Crippen LogP contribution in [0.4, 0.5) is 5.69 Å². The monoisotopic (exact) mass is 253 g/mol. The standard InChI is InChI=1S/C13H23N3S/c1-4-16-13(9-17-8-10(2)3)11-7-15-6-5-12(11)14/h5-7,10,13,16H,4,8-9H2,1-3H3,(H2,14,15). The summed E-state index contributed by atoms with van der Waals surface area (Å²) in [6.45, 7) is 7.55. The van der Waals surface area contributed by atoms with Crippen LogP contribution in [0.15, 0.2) is 18.5 Å². The second-order valence-electron chi connectivity index (χ2n) is 4.55. The molecule has 0 saturated heterocycles. The molecule has 4 heteroatoms. The Morgan fingerprint density at radius 2 is 2.18 bits per heavy atom. The average molecular weight is 253 g/mol. The molecule has 0 aliphatic carbocycles. The fourth-order valence-electron chi connectivity index (χ4n) is 1.64. The van der Waals surface area contributed by atoms with Crippen molar-refractivity contribution in [1.82, 2.24) is 10.3 Å². The van der Waals surface area contributed by atoms with E-state index in [1.54, 1.807) is 6.20 Å². The van der Waals surface area contributed by atoms with Gasteiger partial charge in [-0.05, 0) is 24.3 Å². The predicted molar refractivity (Wildman–Crippen MR) is 77.2 cm³/mol. The maximum atomic E-state index is 5.99. The van der Waals surface area contributed by atoms with E-state index in [0.717, 1.165) is 29.5 Å². The van der Waals surface area contributed by atoms with Gasteiger partial charge in [0.05, 0.1) is 0 Å². The van der Waals surface area contributed by atoms with Gasteiger partial charge < -0.3 is 11.1 Å². The zero-order chi connectivity index (χ0) is 12.7. The molecule has 0 aliphatic rings. The highest BCUT2D eigenvalue weighted by molar-refractivity contribution is 7.99.